The van der Waals surface area contributed by atoms with E-state index >= 15 is 0 Å². The molecule has 0 aromatic carbocycles. The van der Waals surface area contributed by atoms with E-state index in [-0.39, 0.29) is 22.6 Å². The first-order valence-electron chi connectivity index (χ1n) is 20.3. The molecule has 0 N–H and O–H groups in total. The molecule has 0 fully saturated rings. The summed E-state index contributed by atoms with van der Waals surface area (Å²) in [5.74, 6) is -0.122. The van der Waals surface area contributed by atoms with Crippen LogP contribution in [0.2, 0.25) is 0 Å². The number of unbranched alkanes of at least 4 members (excludes halogenated alkanes) is 11. The van der Waals surface area contributed by atoms with Crippen LogP contribution in [0.5, 0.6) is 0 Å². The molecule has 50 heavy (non-hydrogen) atoms. The number of imide groups is 1. The topological polar surface area (TPSA) is 37.4 Å². The summed E-state index contributed by atoms with van der Waals surface area (Å²) < 4.78 is 0. The molecule has 1 aliphatic rings. The minimum atomic E-state index is -0.179. The van der Waals surface area contributed by atoms with Crippen LogP contribution >= 0.6 is 34.0 Å². The number of thiophene rings is 3. The first-order chi connectivity index (χ1) is 23.9. The van der Waals surface area contributed by atoms with E-state index < -0.39 is 0 Å². The summed E-state index contributed by atoms with van der Waals surface area (Å²) in [5.41, 5.74) is 4.26. The molecule has 0 bridgehead atoms. The van der Waals surface area contributed by atoms with Gasteiger partial charge in [-0.1, -0.05) is 133 Å². The molecule has 0 radical (unpaired) electrons. The largest absolute Gasteiger partial charge is 0.274 e. The van der Waals surface area contributed by atoms with Crippen LogP contribution in [-0.2, 0) is 23.7 Å². The number of hydrogen-bond acceptors (Lipinski definition) is 5. The van der Waals surface area contributed by atoms with Gasteiger partial charge in [0.2, 0.25) is 0 Å². The van der Waals surface area contributed by atoms with E-state index in [1.165, 1.54) is 96.4 Å². The van der Waals surface area contributed by atoms with Crippen molar-refractivity contribution in [3.05, 3.63) is 44.1 Å². The molecule has 0 saturated carbocycles. The molecule has 0 unspecified atom stereocenters. The number of rotatable bonds is 23. The lowest BCUT2D eigenvalue weighted by Crippen LogP contribution is -2.31. The predicted octanol–water partition coefficient (Wildman–Crippen LogP) is 14.8. The number of fused-ring (bicyclic) bond motifs is 1. The number of nitrogens with zero attached hydrogens (tertiary/aromatic N) is 1. The van der Waals surface area contributed by atoms with Crippen molar-refractivity contribution in [2.24, 2.45) is 0 Å². The summed E-state index contributed by atoms with van der Waals surface area (Å²) in [6.07, 6.45) is 21.0. The molecule has 3 nitrogen and oxygen atoms in total. The molecule has 3 aromatic heterocycles. The van der Waals surface area contributed by atoms with Crippen molar-refractivity contribution >= 4 is 45.8 Å². The molecule has 4 heterocycles. The van der Waals surface area contributed by atoms with Gasteiger partial charge in [0.25, 0.3) is 11.8 Å². The Morgan fingerprint density at radius 3 is 1.60 bits per heavy atom. The normalized spacial score (nSPS) is 13.7. The highest BCUT2D eigenvalue weighted by molar-refractivity contribution is 7.27. The van der Waals surface area contributed by atoms with Gasteiger partial charge < -0.3 is 0 Å². The lowest BCUT2D eigenvalue weighted by atomic mass is 9.85. The molecular weight excluding hydrogens is 671 g/mol. The van der Waals surface area contributed by atoms with Gasteiger partial charge in [0, 0.05) is 30.9 Å². The fourth-order valence-corrected chi connectivity index (χ4v) is 11.4. The summed E-state index contributed by atoms with van der Waals surface area (Å²) in [6.45, 7) is 21.1. The van der Waals surface area contributed by atoms with Crippen LogP contribution in [0.25, 0.3) is 19.5 Å². The fourth-order valence-electron chi connectivity index (χ4n) is 7.13. The van der Waals surface area contributed by atoms with E-state index in [1.807, 2.05) is 22.7 Å². The minimum Gasteiger partial charge on any atom is -0.274 e. The Morgan fingerprint density at radius 2 is 1.00 bits per heavy atom. The van der Waals surface area contributed by atoms with Gasteiger partial charge in [0.1, 0.15) is 0 Å². The number of amides is 2. The molecule has 1 aliphatic heterocycles. The third-order valence-corrected chi connectivity index (χ3v) is 15.9. The van der Waals surface area contributed by atoms with Crippen molar-refractivity contribution in [1.82, 2.24) is 4.90 Å². The maximum atomic E-state index is 14.3. The number of carbonyl (C=O) groups excluding carboxylic acids is 2. The van der Waals surface area contributed by atoms with Crippen molar-refractivity contribution in [1.29, 1.82) is 0 Å². The minimum absolute atomic E-state index is 0.0590. The molecule has 4 rings (SSSR count). The third kappa shape index (κ3) is 9.42. The fraction of sp³-hybridized carbons (Fsp3) is 0.682. The first kappa shape index (κ1) is 41.0. The maximum absolute atomic E-state index is 14.3. The predicted molar refractivity (Wildman–Crippen MR) is 222 cm³/mol. The SMILES string of the molecule is CCCCCCCCN1C(=O)c2c(-c3sc(-c4cc(CCCCCC)c(C(C)(C)CC)s4)cc3CCCCCC)sc(C(C)(C)CC)c2C1=O. The van der Waals surface area contributed by atoms with Crippen LogP contribution < -0.4 is 0 Å². The van der Waals surface area contributed by atoms with Gasteiger partial charge in [0.15, 0.2) is 0 Å². The molecule has 278 valence electrons. The van der Waals surface area contributed by atoms with E-state index in [2.05, 4.69) is 74.4 Å². The van der Waals surface area contributed by atoms with Gasteiger partial charge >= 0.3 is 0 Å². The lowest BCUT2D eigenvalue weighted by molar-refractivity contribution is 0.0650. The van der Waals surface area contributed by atoms with Gasteiger partial charge in [-0.05, 0) is 79.0 Å². The van der Waals surface area contributed by atoms with Crippen LogP contribution in [0.1, 0.15) is 207 Å². The Labute approximate surface area is 317 Å². The quantitative estimate of drug-likeness (QED) is 0.0718. The van der Waals surface area contributed by atoms with Crippen LogP contribution in [0.15, 0.2) is 12.1 Å². The van der Waals surface area contributed by atoms with E-state index in [0.717, 1.165) is 54.7 Å². The van der Waals surface area contributed by atoms with Crippen molar-refractivity contribution in [2.75, 3.05) is 6.54 Å². The molecular formula is C44H67NO2S3. The number of hydrogen-bond donors (Lipinski definition) is 0. The zero-order valence-corrected chi connectivity index (χ0v) is 35.5. The Bertz CT molecular complexity index is 1550. The monoisotopic (exact) mass is 737 g/mol. The highest BCUT2D eigenvalue weighted by Gasteiger charge is 2.45. The molecule has 3 aromatic rings. The van der Waals surface area contributed by atoms with Crippen LogP contribution in [0.3, 0.4) is 0 Å². The average molecular weight is 738 g/mol. The van der Waals surface area contributed by atoms with Crippen molar-refractivity contribution in [3.63, 3.8) is 0 Å². The Balaban J connectivity index is 1.79. The highest BCUT2D eigenvalue weighted by atomic mass is 32.1. The van der Waals surface area contributed by atoms with Crippen molar-refractivity contribution in [3.8, 4) is 19.5 Å². The molecule has 0 aliphatic carbocycles. The second-order valence-corrected chi connectivity index (χ2v) is 19.2. The lowest BCUT2D eigenvalue weighted by Gasteiger charge is -2.23. The van der Waals surface area contributed by atoms with E-state index in [0.29, 0.717) is 17.7 Å². The number of carbonyl (C=O) groups is 2. The van der Waals surface area contributed by atoms with Gasteiger partial charge in [0.05, 0.1) is 16.0 Å². The summed E-state index contributed by atoms with van der Waals surface area (Å²) in [4.78, 5) is 37.7. The van der Waals surface area contributed by atoms with Crippen molar-refractivity contribution < 1.29 is 9.59 Å². The summed E-state index contributed by atoms with van der Waals surface area (Å²) >= 11 is 5.61. The maximum Gasteiger partial charge on any atom is 0.263 e. The third-order valence-electron chi connectivity index (χ3n) is 11.2. The zero-order valence-electron chi connectivity index (χ0n) is 33.1. The molecule has 0 spiro atoms. The van der Waals surface area contributed by atoms with Crippen LogP contribution in [0.4, 0.5) is 0 Å². The molecule has 2 amide bonds. The Kier molecular flexibility index (Phi) is 15.4. The summed E-state index contributed by atoms with van der Waals surface area (Å²) in [7, 11) is 0. The summed E-state index contributed by atoms with van der Waals surface area (Å²) in [6, 6.07) is 4.95. The van der Waals surface area contributed by atoms with E-state index in [1.54, 1.807) is 21.1 Å². The number of aryl methyl sites for hydroxylation is 2. The van der Waals surface area contributed by atoms with Gasteiger partial charge in [-0.3, -0.25) is 14.5 Å². The zero-order chi connectivity index (χ0) is 36.5. The standard InChI is InChI=1S/C44H67NO2S3/c1-10-15-18-21-22-25-28-45-41(46)35-36(42(45)47)40(44(8,9)14-5)50-38(35)37-31(26-23-19-16-11-2)29-33(48-37)34-30-32(27-24-20-17-12-3)39(49-34)43(6,7)13-4/h29-30H,10-28H2,1-9H3. The second-order valence-electron chi connectivity index (χ2n) is 16.1. The smallest absolute Gasteiger partial charge is 0.263 e. The van der Waals surface area contributed by atoms with Gasteiger partial charge in [-0.2, -0.15) is 0 Å². The van der Waals surface area contributed by atoms with Crippen molar-refractivity contribution in [2.45, 2.75) is 189 Å². The Hall–Kier alpha value is -1.76. The van der Waals surface area contributed by atoms with Gasteiger partial charge in [-0.15, -0.1) is 34.0 Å². The van der Waals surface area contributed by atoms with E-state index in [4.69, 9.17) is 0 Å². The average Bonchev–Trinajstić information content (AvgIpc) is 3.87. The summed E-state index contributed by atoms with van der Waals surface area (Å²) in [5, 5.41) is 0. The van der Waals surface area contributed by atoms with Crippen LogP contribution in [0, 0.1) is 0 Å². The van der Waals surface area contributed by atoms with E-state index in [9.17, 15) is 9.59 Å². The van der Waals surface area contributed by atoms with Gasteiger partial charge in [-0.25, -0.2) is 0 Å². The molecule has 6 heteroatoms. The molecule has 0 atom stereocenters. The first-order valence-corrected chi connectivity index (χ1v) is 22.7. The molecule has 0 saturated heterocycles. The Morgan fingerprint density at radius 1 is 0.520 bits per heavy atom. The highest BCUT2D eigenvalue weighted by Crippen LogP contribution is 2.52. The van der Waals surface area contributed by atoms with Crippen LogP contribution in [-0.4, -0.2) is 23.3 Å². The second kappa shape index (κ2) is 18.8.